The molecule has 0 spiro atoms. The number of amides is 1. The minimum Gasteiger partial charge on any atom is -0.345 e. The number of rotatable bonds is 4. The van der Waals surface area contributed by atoms with Crippen LogP contribution in [0.1, 0.15) is 23.1 Å². The van der Waals surface area contributed by atoms with Gasteiger partial charge in [-0.3, -0.25) is 4.79 Å². The molecule has 2 aromatic rings. The number of aromatic nitrogens is 3. The van der Waals surface area contributed by atoms with E-state index < -0.39 is 0 Å². The number of aryl methyl sites for hydroxylation is 1. The number of halogens is 1. The lowest BCUT2D eigenvalue weighted by Crippen LogP contribution is -2.25. The van der Waals surface area contributed by atoms with Gasteiger partial charge < -0.3 is 9.88 Å². The van der Waals surface area contributed by atoms with Gasteiger partial charge in [0.15, 0.2) is 0 Å². The zero-order valence-electron chi connectivity index (χ0n) is 9.93. The van der Waals surface area contributed by atoms with E-state index in [2.05, 4.69) is 31.2 Å². The van der Waals surface area contributed by atoms with Gasteiger partial charge in [-0.15, -0.1) is 0 Å². The van der Waals surface area contributed by atoms with Crippen molar-refractivity contribution < 1.29 is 4.79 Å². The first-order valence-electron chi connectivity index (χ1n) is 5.59. The molecule has 5 nitrogen and oxygen atoms in total. The first kappa shape index (κ1) is 12.8. The number of nitrogens with one attached hydrogen (secondary N) is 1. The Labute approximate surface area is 113 Å². The molecule has 18 heavy (non-hydrogen) atoms. The van der Waals surface area contributed by atoms with Crippen molar-refractivity contribution in [3.05, 3.63) is 46.7 Å². The Bertz CT molecular complexity index is 538. The molecular formula is C12H13BrN4O. The van der Waals surface area contributed by atoms with Gasteiger partial charge in [0.05, 0.1) is 12.2 Å². The van der Waals surface area contributed by atoms with Crippen LogP contribution in [0, 0.1) is 0 Å². The molecule has 0 unspecified atom stereocenters. The first-order chi connectivity index (χ1) is 8.70. The molecule has 0 aliphatic rings. The summed E-state index contributed by atoms with van der Waals surface area (Å²) in [4.78, 5) is 19.9. The molecule has 6 heteroatoms. The topological polar surface area (TPSA) is 59.8 Å². The first-order valence-corrected chi connectivity index (χ1v) is 6.38. The maximum atomic E-state index is 12.0. The summed E-state index contributed by atoms with van der Waals surface area (Å²) in [6.07, 6.45) is 5.01. The van der Waals surface area contributed by atoms with Crippen LogP contribution in [-0.2, 0) is 13.1 Å². The smallest absolute Gasteiger partial charge is 0.268 e. The molecule has 0 saturated carbocycles. The van der Waals surface area contributed by atoms with Crippen molar-refractivity contribution in [1.29, 1.82) is 0 Å². The highest BCUT2D eigenvalue weighted by Gasteiger charge is 2.11. The molecular weight excluding hydrogens is 296 g/mol. The Morgan fingerprint density at radius 3 is 3.06 bits per heavy atom. The predicted octanol–water partition coefficient (Wildman–Crippen LogP) is 1.99. The van der Waals surface area contributed by atoms with E-state index in [0.717, 1.165) is 16.7 Å². The average Bonchev–Trinajstić information content (AvgIpc) is 2.78. The van der Waals surface area contributed by atoms with Crippen LogP contribution < -0.4 is 5.32 Å². The average molecular weight is 309 g/mol. The van der Waals surface area contributed by atoms with Gasteiger partial charge in [0.2, 0.25) is 0 Å². The molecule has 0 saturated heterocycles. The lowest BCUT2D eigenvalue weighted by atomic mass is 10.3. The van der Waals surface area contributed by atoms with Crippen molar-refractivity contribution in [3.63, 3.8) is 0 Å². The summed E-state index contributed by atoms with van der Waals surface area (Å²) < 4.78 is 2.79. The second-order valence-corrected chi connectivity index (χ2v) is 4.63. The quantitative estimate of drug-likeness (QED) is 0.939. The summed E-state index contributed by atoms with van der Waals surface area (Å²) in [5.74, 6) is -0.110. The molecule has 0 bridgehead atoms. The van der Waals surface area contributed by atoms with Gasteiger partial charge in [-0.2, -0.15) is 0 Å². The Morgan fingerprint density at radius 2 is 2.39 bits per heavy atom. The molecule has 1 N–H and O–H groups in total. The SMILES string of the molecule is CCn1cc(Br)cc1C(=O)NCc1ccncn1. The van der Waals surface area contributed by atoms with Gasteiger partial charge in [-0.1, -0.05) is 0 Å². The fourth-order valence-corrected chi connectivity index (χ4v) is 2.07. The van der Waals surface area contributed by atoms with Gasteiger partial charge in [-0.25, -0.2) is 9.97 Å². The molecule has 94 valence electrons. The molecule has 2 heterocycles. The highest BCUT2D eigenvalue weighted by Crippen LogP contribution is 2.14. The van der Waals surface area contributed by atoms with Crippen molar-refractivity contribution in [1.82, 2.24) is 19.9 Å². The van der Waals surface area contributed by atoms with Gasteiger partial charge in [0.25, 0.3) is 5.91 Å². The maximum absolute atomic E-state index is 12.0. The number of hydrogen-bond acceptors (Lipinski definition) is 3. The number of hydrogen-bond donors (Lipinski definition) is 1. The van der Waals surface area contributed by atoms with Crippen LogP contribution in [-0.4, -0.2) is 20.4 Å². The molecule has 0 atom stereocenters. The van der Waals surface area contributed by atoms with Crippen LogP contribution in [0.4, 0.5) is 0 Å². The summed E-state index contributed by atoms with van der Waals surface area (Å²) in [5.41, 5.74) is 1.42. The van der Waals surface area contributed by atoms with Gasteiger partial charge in [-0.05, 0) is 35.0 Å². The van der Waals surface area contributed by atoms with Crippen LogP contribution in [0.5, 0.6) is 0 Å². The molecule has 0 aliphatic carbocycles. The Kier molecular flexibility index (Phi) is 4.09. The molecule has 0 radical (unpaired) electrons. The number of nitrogens with zero attached hydrogens (tertiary/aromatic N) is 3. The normalized spacial score (nSPS) is 10.3. The van der Waals surface area contributed by atoms with E-state index in [-0.39, 0.29) is 5.91 Å². The zero-order chi connectivity index (χ0) is 13.0. The summed E-state index contributed by atoms with van der Waals surface area (Å²) >= 11 is 3.37. The lowest BCUT2D eigenvalue weighted by molar-refractivity contribution is 0.0941. The van der Waals surface area contributed by atoms with Crippen LogP contribution in [0.2, 0.25) is 0 Å². The zero-order valence-corrected chi connectivity index (χ0v) is 11.5. The van der Waals surface area contributed by atoms with Crippen LogP contribution in [0.25, 0.3) is 0 Å². The van der Waals surface area contributed by atoms with Crippen molar-refractivity contribution in [3.8, 4) is 0 Å². The molecule has 0 aromatic carbocycles. The fraction of sp³-hybridized carbons (Fsp3) is 0.250. The van der Waals surface area contributed by atoms with Gasteiger partial charge in [0.1, 0.15) is 12.0 Å². The van der Waals surface area contributed by atoms with E-state index in [1.165, 1.54) is 6.33 Å². The molecule has 0 fully saturated rings. The third-order valence-corrected chi connectivity index (χ3v) is 2.94. The standard InChI is InChI=1S/C12H13BrN4O/c1-2-17-7-9(13)5-11(17)12(18)15-6-10-3-4-14-8-16-10/h3-5,7-8H,2,6H2,1H3,(H,15,18). The van der Waals surface area contributed by atoms with E-state index in [4.69, 9.17) is 0 Å². The third kappa shape index (κ3) is 2.95. The third-order valence-electron chi connectivity index (χ3n) is 2.51. The molecule has 1 amide bonds. The Balaban J connectivity index is 2.04. The van der Waals surface area contributed by atoms with Crippen molar-refractivity contribution in [2.75, 3.05) is 0 Å². The van der Waals surface area contributed by atoms with Crippen LogP contribution in [0.3, 0.4) is 0 Å². The Hall–Kier alpha value is -1.69. The lowest BCUT2D eigenvalue weighted by Gasteiger charge is -2.07. The van der Waals surface area contributed by atoms with Crippen molar-refractivity contribution >= 4 is 21.8 Å². The molecule has 2 aromatic heterocycles. The molecule has 2 rings (SSSR count). The maximum Gasteiger partial charge on any atom is 0.268 e. The molecule has 0 aliphatic heterocycles. The van der Waals surface area contributed by atoms with Crippen molar-refractivity contribution in [2.24, 2.45) is 0 Å². The van der Waals surface area contributed by atoms with Crippen LogP contribution >= 0.6 is 15.9 Å². The van der Waals surface area contributed by atoms with Crippen molar-refractivity contribution in [2.45, 2.75) is 20.0 Å². The monoisotopic (exact) mass is 308 g/mol. The number of carbonyl (C=O) groups excluding carboxylic acids is 1. The minimum atomic E-state index is -0.110. The van der Waals surface area contributed by atoms with E-state index in [0.29, 0.717) is 12.2 Å². The summed E-state index contributed by atoms with van der Waals surface area (Å²) in [7, 11) is 0. The van der Waals surface area contributed by atoms with Crippen LogP contribution in [0.15, 0.2) is 35.3 Å². The summed E-state index contributed by atoms with van der Waals surface area (Å²) in [5, 5.41) is 2.83. The second kappa shape index (κ2) is 5.77. The second-order valence-electron chi connectivity index (χ2n) is 3.71. The van der Waals surface area contributed by atoms with E-state index in [1.807, 2.05) is 17.7 Å². The van der Waals surface area contributed by atoms with Gasteiger partial charge in [0, 0.05) is 23.4 Å². The fourth-order valence-electron chi connectivity index (χ4n) is 1.61. The van der Waals surface area contributed by atoms with Gasteiger partial charge >= 0.3 is 0 Å². The highest BCUT2D eigenvalue weighted by molar-refractivity contribution is 9.10. The van der Waals surface area contributed by atoms with E-state index in [1.54, 1.807) is 18.3 Å². The van der Waals surface area contributed by atoms with E-state index >= 15 is 0 Å². The Morgan fingerprint density at radius 1 is 1.56 bits per heavy atom. The highest BCUT2D eigenvalue weighted by atomic mass is 79.9. The predicted molar refractivity (Wildman–Crippen MR) is 71.0 cm³/mol. The summed E-state index contributed by atoms with van der Waals surface area (Å²) in [6.45, 7) is 3.14. The largest absolute Gasteiger partial charge is 0.345 e. The minimum absolute atomic E-state index is 0.110. The summed E-state index contributed by atoms with van der Waals surface area (Å²) in [6, 6.07) is 3.58. The van der Waals surface area contributed by atoms with E-state index in [9.17, 15) is 4.79 Å². The number of carbonyl (C=O) groups is 1.